The molecule has 1 saturated heterocycles. The summed E-state index contributed by atoms with van der Waals surface area (Å²) in [4.78, 5) is 24.9. The Bertz CT molecular complexity index is 1100. The van der Waals surface area contributed by atoms with Crippen LogP contribution in [0.5, 0.6) is 0 Å². The lowest BCUT2D eigenvalue weighted by atomic mass is 10.0. The molecule has 4 rings (SSSR count). The fraction of sp³-hybridized carbons (Fsp3) is 0.364. The maximum Gasteiger partial charge on any atom is 0.407 e. The SMILES string of the molecule is Cl.O=C(N[C@H]1CCc2c(C(=O)Nc3ccc(F)c(Cl)c3)ccc(F)c21)OCC1CC(F)(F)CN1. The van der Waals surface area contributed by atoms with E-state index in [4.69, 9.17) is 16.3 Å². The van der Waals surface area contributed by atoms with E-state index in [-0.39, 0.29) is 40.9 Å². The van der Waals surface area contributed by atoms with Crippen LogP contribution >= 0.6 is 24.0 Å². The molecule has 6 nitrogen and oxygen atoms in total. The highest BCUT2D eigenvalue weighted by molar-refractivity contribution is 6.31. The summed E-state index contributed by atoms with van der Waals surface area (Å²) in [5.74, 6) is -4.60. The Kier molecular flexibility index (Phi) is 7.95. The molecule has 1 fully saturated rings. The number of halogens is 6. The van der Waals surface area contributed by atoms with Crippen molar-refractivity contribution in [3.05, 3.63) is 63.7 Å². The quantitative estimate of drug-likeness (QED) is 0.483. The summed E-state index contributed by atoms with van der Waals surface area (Å²) in [5, 5.41) is 7.56. The molecule has 1 unspecified atom stereocenters. The minimum absolute atomic E-state index is 0. The topological polar surface area (TPSA) is 79.5 Å². The van der Waals surface area contributed by atoms with Crippen LogP contribution in [-0.2, 0) is 11.2 Å². The zero-order valence-electron chi connectivity index (χ0n) is 17.6. The van der Waals surface area contributed by atoms with Gasteiger partial charge in [0.25, 0.3) is 11.8 Å². The summed E-state index contributed by atoms with van der Waals surface area (Å²) in [6.07, 6.45) is -0.645. The molecule has 2 aliphatic rings. The largest absolute Gasteiger partial charge is 0.448 e. The molecule has 0 bridgehead atoms. The van der Waals surface area contributed by atoms with Crippen molar-refractivity contribution in [2.24, 2.45) is 0 Å². The van der Waals surface area contributed by atoms with Crippen molar-refractivity contribution in [1.82, 2.24) is 10.6 Å². The average molecular weight is 522 g/mol. The van der Waals surface area contributed by atoms with Crippen LogP contribution in [0, 0.1) is 11.6 Å². The van der Waals surface area contributed by atoms with E-state index in [0.717, 1.165) is 12.1 Å². The van der Waals surface area contributed by atoms with Crippen LogP contribution in [-0.4, -0.2) is 37.1 Å². The smallest absolute Gasteiger partial charge is 0.407 e. The lowest BCUT2D eigenvalue weighted by molar-refractivity contribution is 0.0184. The van der Waals surface area contributed by atoms with Crippen molar-refractivity contribution in [2.45, 2.75) is 37.3 Å². The molecule has 0 spiro atoms. The first kappa shape index (κ1) is 26.1. The van der Waals surface area contributed by atoms with Crippen molar-refractivity contribution in [1.29, 1.82) is 0 Å². The molecule has 184 valence electrons. The van der Waals surface area contributed by atoms with Gasteiger partial charge in [-0.05, 0) is 48.7 Å². The molecule has 1 aliphatic carbocycles. The number of amides is 2. The first-order chi connectivity index (χ1) is 15.6. The molecule has 34 heavy (non-hydrogen) atoms. The number of alkyl carbamates (subject to hydrolysis) is 1. The van der Waals surface area contributed by atoms with Gasteiger partial charge in [-0.25, -0.2) is 22.4 Å². The van der Waals surface area contributed by atoms with E-state index >= 15 is 0 Å². The summed E-state index contributed by atoms with van der Waals surface area (Å²) < 4.78 is 59.4. The van der Waals surface area contributed by atoms with E-state index in [1.807, 2.05) is 0 Å². The summed E-state index contributed by atoms with van der Waals surface area (Å²) in [5.41, 5.74) is 1.08. The predicted octanol–water partition coefficient (Wildman–Crippen LogP) is 5.00. The van der Waals surface area contributed by atoms with E-state index in [2.05, 4.69) is 16.0 Å². The third-order valence-electron chi connectivity index (χ3n) is 5.66. The van der Waals surface area contributed by atoms with Gasteiger partial charge < -0.3 is 20.7 Å². The Morgan fingerprint density at radius 3 is 2.59 bits per heavy atom. The minimum atomic E-state index is -2.84. The number of benzene rings is 2. The summed E-state index contributed by atoms with van der Waals surface area (Å²) >= 11 is 5.74. The molecule has 2 atom stereocenters. The van der Waals surface area contributed by atoms with E-state index in [1.165, 1.54) is 18.2 Å². The number of rotatable bonds is 5. The van der Waals surface area contributed by atoms with Crippen LogP contribution in [0.25, 0.3) is 0 Å². The zero-order valence-corrected chi connectivity index (χ0v) is 19.2. The standard InChI is InChI=1S/C22H20ClF4N3O3.ClH/c23-15-7-11(1-4-16(15)24)29-20(31)14-2-5-17(25)19-13(14)3-6-18(19)30-21(32)33-9-12-8-22(26,27)10-28-12;/h1-2,4-5,7,12,18,28H,3,6,8-10H2,(H,29,31)(H,30,32);1H/t12?,18-;/m0./s1. The van der Waals surface area contributed by atoms with Crippen LogP contribution in [0.1, 0.15) is 40.4 Å². The molecule has 2 aromatic rings. The van der Waals surface area contributed by atoms with Crippen molar-refractivity contribution < 1.29 is 31.9 Å². The number of alkyl halides is 2. The van der Waals surface area contributed by atoms with Crippen LogP contribution in [0.2, 0.25) is 5.02 Å². The van der Waals surface area contributed by atoms with E-state index in [9.17, 15) is 27.2 Å². The molecule has 3 N–H and O–H groups in total. The maximum absolute atomic E-state index is 14.6. The molecular formula is C22H21Cl2F4N3O3. The average Bonchev–Trinajstić information content (AvgIpc) is 3.33. The second-order valence-electron chi connectivity index (χ2n) is 8.04. The third kappa shape index (κ3) is 5.73. The minimum Gasteiger partial charge on any atom is -0.448 e. The van der Waals surface area contributed by atoms with E-state index < -0.39 is 54.6 Å². The highest BCUT2D eigenvalue weighted by Gasteiger charge is 2.40. The van der Waals surface area contributed by atoms with Gasteiger partial charge in [0.1, 0.15) is 18.2 Å². The molecular weight excluding hydrogens is 501 g/mol. The van der Waals surface area contributed by atoms with Gasteiger partial charge in [0.2, 0.25) is 0 Å². The van der Waals surface area contributed by atoms with Crippen molar-refractivity contribution in [3.63, 3.8) is 0 Å². The number of anilines is 1. The van der Waals surface area contributed by atoms with E-state index in [1.54, 1.807) is 0 Å². The highest BCUT2D eigenvalue weighted by Crippen LogP contribution is 2.36. The lowest BCUT2D eigenvalue weighted by Crippen LogP contribution is -2.33. The number of hydrogen-bond donors (Lipinski definition) is 3. The van der Waals surface area contributed by atoms with Crippen LogP contribution in [0.3, 0.4) is 0 Å². The van der Waals surface area contributed by atoms with Gasteiger partial charge in [0.15, 0.2) is 0 Å². The Labute approximate surface area is 203 Å². The fourth-order valence-corrected chi connectivity index (χ4v) is 4.30. The van der Waals surface area contributed by atoms with Gasteiger partial charge in [-0.3, -0.25) is 4.79 Å². The van der Waals surface area contributed by atoms with Crippen LogP contribution in [0.4, 0.5) is 28.0 Å². The van der Waals surface area contributed by atoms with E-state index in [0.29, 0.717) is 18.4 Å². The Balaban J connectivity index is 0.00000324. The number of carbonyl (C=O) groups excluding carboxylic acids is 2. The van der Waals surface area contributed by atoms with Gasteiger partial charge in [0.05, 0.1) is 17.6 Å². The van der Waals surface area contributed by atoms with Gasteiger partial charge in [-0.1, -0.05) is 11.6 Å². The summed E-state index contributed by atoms with van der Waals surface area (Å²) in [6.45, 7) is -0.717. The van der Waals surface area contributed by atoms with Gasteiger partial charge >= 0.3 is 6.09 Å². The Morgan fingerprint density at radius 1 is 1.18 bits per heavy atom. The number of nitrogens with one attached hydrogen (secondary N) is 3. The second-order valence-corrected chi connectivity index (χ2v) is 8.45. The van der Waals surface area contributed by atoms with Crippen molar-refractivity contribution in [2.75, 3.05) is 18.5 Å². The number of carbonyl (C=O) groups is 2. The number of hydrogen-bond acceptors (Lipinski definition) is 4. The van der Waals surface area contributed by atoms with Crippen molar-refractivity contribution >= 4 is 41.7 Å². The van der Waals surface area contributed by atoms with Crippen molar-refractivity contribution in [3.8, 4) is 0 Å². The molecule has 0 radical (unpaired) electrons. The molecule has 2 aromatic carbocycles. The molecule has 12 heteroatoms. The number of ether oxygens (including phenoxy) is 1. The maximum atomic E-state index is 14.6. The molecule has 2 amide bonds. The number of fused-ring (bicyclic) bond motifs is 1. The molecule has 1 aliphatic heterocycles. The lowest BCUT2D eigenvalue weighted by Gasteiger charge is -2.17. The third-order valence-corrected chi connectivity index (χ3v) is 5.95. The monoisotopic (exact) mass is 521 g/mol. The Morgan fingerprint density at radius 2 is 1.91 bits per heavy atom. The normalized spacial score (nSPS) is 20.3. The van der Waals surface area contributed by atoms with Gasteiger partial charge in [0, 0.05) is 29.3 Å². The van der Waals surface area contributed by atoms with Crippen LogP contribution < -0.4 is 16.0 Å². The second kappa shape index (κ2) is 10.4. The summed E-state index contributed by atoms with van der Waals surface area (Å²) in [6, 6.07) is 4.78. The first-order valence-electron chi connectivity index (χ1n) is 10.2. The zero-order chi connectivity index (χ0) is 23.8. The highest BCUT2D eigenvalue weighted by atomic mass is 35.5. The first-order valence-corrected chi connectivity index (χ1v) is 10.6. The van der Waals surface area contributed by atoms with Crippen LogP contribution in [0.15, 0.2) is 30.3 Å². The van der Waals surface area contributed by atoms with Gasteiger partial charge in [-0.15, -0.1) is 12.4 Å². The summed E-state index contributed by atoms with van der Waals surface area (Å²) in [7, 11) is 0. The molecule has 0 aromatic heterocycles. The molecule has 1 heterocycles. The Hall–Kier alpha value is -2.56. The predicted molar refractivity (Wildman–Crippen MR) is 120 cm³/mol. The van der Waals surface area contributed by atoms with Gasteiger partial charge in [-0.2, -0.15) is 0 Å². The molecule has 0 saturated carbocycles. The fourth-order valence-electron chi connectivity index (χ4n) is 4.12.